The highest BCUT2D eigenvalue weighted by atomic mass is 16.5. The van der Waals surface area contributed by atoms with Crippen molar-refractivity contribution in [3.63, 3.8) is 0 Å². The van der Waals surface area contributed by atoms with E-state index in [-0.39, 0.29) is 12.0 Å². The number of hydrogen-bond acceptors (Lipinski definition) is 4. The van der Waals surface area contributed by atoms with E-state index in [0.717, 1.165) is 19.3 Å². The minimum Gasteiger partial charge on any atom is -0.379 e. The van der Waals surface area contributed by atoms with Gasteiger partial charge >= 0.3 is 0 Å². The smallest absolute Gasteiger partial charge is 0.237 e. The Labute approximate surface area is 103 Å². The van der Waals surface area contributed by atoms with Gasteiger partial charge in [0.1, 0.15) is 0 Å². The zero-order chi connectivity index (χ0) is 12.7. The lowest BCUT2D eigenvalue weighted by Gasteiger charge is -2.38. The second-order valence-corrected chi connectivity index (χ2v) is 4.48. The summed E-state index contributed by atoms with van der Waals surface area (Å²) < 4.78 is 10.9. The molecule has 100 valence electrons. The Kier molecular flexibility index (Phi) is 5.88. The molecule has 0 aromatic heterocycles. The maximum atomic E-state index is 11.5. The van der Waals surface area contributed by atoms with E-state index in [9.17, 15) is 4.79 Å². The van der Waals surface area contributed by atoms with Crippen LogP contribution in [0.1, 0.15) is 32.6 Å². The van der Waals surface area contributed by atoms with Crippen molar-refractivity contribution >= 4 is 5.91 Å². The minimum atomic E-state index is -0.589. The van der Waals surface area contributed by atoms with Crippen LogP contribution in [0.4, 0.5) is 0 Å². The lowest BCUT2D eigenvalue weighted by Crippen LogP contribution is -2.57. The molecule has 0 radical (unpaired) electrons. The second kappa shape index (κ2) is 6.93. The molecule has 0 aromatic rings. The zero-order valence-electron chi connectivity index (χ0n) is 10.8. The van der Waals surface area contributed by atoms with Gasteiger partial charge in [0.25, 0.3) is 0 Å². The molecular weight excluding hydrogens is 220 g/mol. The van der Waals surface area contributed by atoms with Gasteiger partial charge < -0.3 is 20.5 Å². The zero-order valence-corrected chi connectivity index (χ0v) is 10.8. The number of likely N-dealkylation sites (N-methyl/N-ethyl adjacent to an activating group) is 1. The molecule has 0 spiro atoms. The lowest BCUT2D eigenvalue weighted by molar-refractivity contribution is -0.128. The maximum absolute atomic E-state index is 11.5. The van der Waals surface area contributed by atoms with E-state index in [1.54, 1.807) is 7.05 Å². The van der Waals surface area contributed by atoms with Crippen LogP contribution in [0.15, 0.2) is 0 Å². The van der Waals surface area contributed by atoms with Crippen molar-refractivity contribution in [2.24, 2.45) is 5.73 Å². The third-order valence-corrected chi connectivity index (χ3v) is 3.44. The van der Waals surface area contributed by atoms with Gasteiger partial charge in [0.15, 0.2) is 0 Å². The van der Waals surface area contributed by atoms with Crippen LogP contribution >= 0.6 is 0 Å². The number of amides is 1. The number of hydrogen-bond donors (Lipinski definition) is 2. The summed E-state index contributed by atoms with van der Waals surface area (Å²) in [6.07, 6.45) is 3.50. The largest absolute Gasteiger partial charge is 0.379 e. The number of carbonyl (C=O) groups excluding carboxylic acids is 1. The predicted octanol–water partition coefficient (Wildman–Crippen LogP) is 0.426. The Morgan fingerprint density at radius 3 is 2.88 bits per heavy atom. The number of rotatable bonds is 7. The molecule has 0 saturated heterocycles. The van der Waals surface area contributed by atoms with Gasteiger partial charge in [-0.2, -0.15) is 0 Å². The van der Waals surface area contributed by atoms with Crippen LogP contribution in [0.2, 0.25) is 0 Å². The van der Waals surface area contributed by atoms with E-state index in [2.05, 4.69) is 5.32 Å². The summed E-state index contributed by atoms with van der Waals surface area (Å²) in [5.41, 5.74) is 4.88. The molecule has 0 heterocycles. The summed E-state index contributed by atoms with van der Waals surface area (Å²) in [7, 11) is 1.79. The molecule has 0 bridgehead atoms. The monoisotopic (exact) mass is 244 g/mol. The topological polar surface area (TPSA) is 73.6 Å². The van der Waals surface area contributed by atoms with Crippen LogP contribution in [-0.4, -0.2) is 44.4 Å². The number of carbonyl (C=O) groups is 1. The highest BCUT2D eigenvalue weighted by Crippen LogP contribution is 2.29. The van der Waals surface area contributed by atoms with Crippen molar-refractivity contribution in [1.29, 1.82) is 0 Å². The van der Waals surface area contributed by atoms with Crippen LogP contribution in [0.5, 0.6) is 0 Å². The van der Waals surface area contributed by atoms with E-state index < -0.39 is 5.54 Å². The third-order valence-electron chi connectivity index (χ3n) is 3.44. The van der Waals surface area contributed by atoms with Crippen molar-refractivity contribution < 1.29 is 14.3 Å². The first-order valence-electron chi connectivity index (χ1n) is 6.33. The normalized spacial score (nSPS) is 29.2. The quantitative estimate of drug-likeness (QED) is 0.637. The number of primary amides is 1. The molecule has 0 aliphatic heterocycles. The molecule has 17 heavy (non-hydrogen) atoms. The number of ether oxygens (including phenoxy) is 2. The summed E-state index contributed by atoms with van der Waals surface area (Å²) in [4.78, 5) is 11.5. The van der Waals surface area contributed by atoms with Gasteiger partial charge in [-0.1, -0.05) is 0 Å². The van der Waals surface area contributed by atoms with Crippen LogP contribution < -0.4 is 11.1 Å². The highest BCUT2D eigenvalue weighted by Gasteiger charge is 2.40. The van der Waals surface area contributed by atoms with Gasteiger partial charge in [-0.25, -0.2) is 0 Å². The molecule has 2 atom stereocenters. The maximum Gasteiger partial charge on any atom is 0.237 e. The average Bonchev–Trinajstić information content (AvgIpc) is 2.34. The Hall–Kier alpha value is -0.650. The molecule has 5 nitrogen and oxygen atoms in total. The first-order chi connectivity index (χ1) is 8.14. The van der Waals surface area contributed by atoms with Crippen LogP contribution in [0.3, 0.4) is 0 Å². The van der Waals surface area contributed by atoms with Crippen molar-refractivity contribution in [1.82, 2.24) is 5.32 Å². The minimum absolute atomic E-state index is 0.101. The molecule has 1 rings (SSSR count). The lowest BCUT2D eigenvalue weighted by atomic mass is 9.79. The Bertz CT molecular complexity index is 248. The van der Waals surface area contributed by atoms with E-state index in [1.807, 2.05) is 6.92 Å². The van der Waals surface area contributed by atoms with E-state index >= 15 is 0 Å². The predicted molar refractivity (Wildman–Crippen MR) is 65.7 cm³/mol. The first kappa shape index (κ1) is 14.4. The third kappa shape index (κ3) is 3.94. The van der Waals surface area contributed by atoms with Gasteiger partial charge in [-0.3, -0.25) is 4.79 Å². The number of nitrogens with one attached hydrogen (secondary N) is 1. The Morgan fingerprint density at radius 1 is 1.53 bits per heavy atom. The standard InChI is InChI=1S/C12H24N2O3/c1-3-16-7-8-17-10-5-4-6-12(9-10,14-2)11(13)15/h10,14H,3-9H2,1-2H3,(H2,13,15). The first-order valence-corrected chi connectivity index (χ1v) is 6.33. The summed E-state index contributed by atoms with van der Waals surface area (Å²) in [5.74, 6) is -0.280. The van der Waals surface area contributed by atoms with Crippen molar-refractivity contribution in [2.75, 3.05) is 26.9 Å². The summed E-state index contributed by atoms with van der Waals surface area (Å²) in [6.45, 7) is 3.85. The summed E-state index contributed by atoms with van der Waals surface area (Å²) in [5, 5.41) is 3.06. The van der Waals surface area contributed by atoms with Gasteiger partial charge in [-0.05, 0) is 33.2 Å². The molecule has 0 aromatic carbocycles. The molecule has 1 fully saturated rings. The van der Waals surface area contributed by atoms with Gasteiger partial charge in [0.05, 0.1) is 24.9 Å². The molecule has 1 aliphatic carbocycles. The van der Waals surface area contributed by atoms with Gasteiger partial charge in [0, 0.05) is 13.0 Å². The molecular formula is C12H24N2O3. The van der Waals surface area contributed by atoms with Crippen molar-refractivity contribution in [3.05, 3.63) is 0 Å². The highest BCUT2D eigenvalue weighted by molar-refractivity contribution is 5.84. The van der Waals surface area contributed by atoms with Gasteiger partial charge in [0.2, 0.25) is 5.91 Å². The van der Waals surface area contributed by atoms with Crippen LogP contribution in [-0.2, 0) is 14.3 Å². The Morgan fingerprint density at radius 2 is 2.29 bits per heavy atom. The van der Waals surface area contributed by atoms with E-state index in [0.29, 0.717) is 26.2 Å². The molecule has 2 unspecified atom stereocenters. The molecule has 3 N–H and O–H groups in total. The Balaban J connectivity index is 2.40. The fourth-order valence-electron chi connectivity index (χ4n) is 2.36. The second-order valence-electron chi connectivity index (χ2n) is 4.48. The summed E-state index contributed by atoms with van der Waals surface area (Å²) in [6, 6.07) is 0. The molecule has 1 saturated carbocycles. The SMILES string of the molecule is CCOCCOC1CCCC(NC)(C(N)=O)C1. The van der Waals surface area contributed by atoms with Crippen molar-refractivity contribution in [2.45, 2.75) is 44.2 Å². The summed E-state index contributed by atoms with van der Waals surface area (Å²) >= 11 is 0. The van der Waals surface area contributed by atoms with Crippen molar-refractivity contribution in [3.8, 4) is 0 Å². The van der Waals surface area contributed by atoms with Gasteiger partial charge in [-0.15, -0.1) is 0 Å². The fourth-order valence-corrected chi connectivity index (χ4v) is 2.36. The van der Waals surface area contributed by atoms with Crippen LogP contribution in [0.25, 0.3) is 0 Å². The number of nitrogens with two attached hydrogens (primary N) is 1. The van der Waals surface area contributed by atoms with E-state index in [1.165, 1.54) is 0 Å². The molecule has 1 aliphatic rings. The fraction of sp³-hybridized carbons (Fsp3) is 0.917. The molecule has 5 heteroatoms. The average molecular weight is 244 g/mol. The molecule has 1 amide bonds. The van der Waals surface area contributed by atoms with E-state index in [4.69, 9.17) is 15.2 Å². The van der Waals surface area contributed by atoms with Crippen LogP contribution in [0, 0.1) is 0 Å².